The maximum absolute atomic E-state index is 13.4. The van der Waals surface area contributed by atoms with E-state index in [0.29, 0.717) is 11.0 Å². The Kier molecular flexibility index (Phi) is 3.57. The Morgan fingerprint density at radius 3 is 2.50 bits per heavy atom. The molecular weight excluding hydrogens is 292 g/mol. The van der Waals surface area contributed by atoms with Gasteiger partial charge in [-0.05, 0) is 46.5 Å². The summed E-state index contributed by atoms with van der Waals surface area (Å²) < 4.78 is 13.8. The maximum atomic E-state index is 13.4. The molecule has 2 N–H and O–H groups in total. The van der Waals surface area contributed by atoms with Crippen LogP contribution < -0.4 is 5.73 Å². The Hall–Kier alpha value is -0.120. The number of nitrogens with two attached hydrogens (primary N) is 1. The molecule has 0 spiro atoms. The van der Waals surface area contributed by atoms with Gasteiger partial charge < -0.3 is 5.73 Å². The van der Waals surface area contributed by atoms with Crippen LogP contribution in [0.25, 0.3) is 0 Å². The van der Waals surface area contributed by atoms with Crippen LogP contribution in [0, 0.1) is 5.82 Å². The Morgan fingerprint density at radius 2 is 2.00 bits per heavy atom. The zero-order chi connectivity index (χ0) is 11.8. The summed E-state index contributed by atoms with van der Waals surface area (Å²) in [6, 6.07) is 3.54. The lowest BCUT2D eigenvalue weighted by Gasteiger charge is -2.28. The van der Waals surface area contributed by atoms with E-state index in [1.54, 1.807) is 6.07 Å². The molecule has 4 heteroatoms. The number of hydrogen-bond donors (Lipinski definition) is 1. The minimum absolute atomic E-state index is 0.000139. The van der Waals surface area contributed by atoms with E-state index in [4.69, 9.17) is 17.3 Å². The number of halogens is 3. The largest absolute Gasteiger partial charge is 0.330 e. The molecule has 1 aromatic rings. The summed E-state index contributed by atoms with van der Waals surface area (Å²) in [7, 11) is 0. The molecule has 1 saturated carbocycles. The molecule has 0 aromatic heterocycles. The molecule has 1 nitrogen and oxygen atoms in total. The highest BCUT2D eigenvalue weighted by molar-refractivity contribution is 9.10. The normalized spacial score (nSPS) is 19.0. The Bertz CT molecular complexity index is 379. The molecule has 1 fully saturated rings. The third-order valence-corrected chi connectivity index (χ3v) is 4.40. The van der Waals surface area contributed by atoms with Crippen LogP contribution in [-0.2, 0) is 5.41 Å². The molecule has 0 saturated heterocycles. The van der Waals surface area contributed by atoms with Crippen LogP contribution in [0.2, 0.25) is 5.02 Å². The quantitative estimate of drug-likeness (QED) is 0.821. The van der Waals surface area contributed by atoms with Gasteiger partial charge in [0.1, 0.15) is 0 Å². The first-order valence-corrected chi connectivity index (χ1v) is 6.61. The molecule has 16 heavy (non-hydrogen) atoms. The van der Waals surface area contributed by atoms with Crippen molar-refractivity contribution in [3.8, 4) is 0 Å². The van der Waals surface area contributed by atoms with Gasteiger partial charge in [0, 0.05) is 12.0 Å². The van der Waals surface area contributed by atoms with E-state index in [1.165, 1.54) is 12.8 Å². The number of benzene rings is 1. The molecule has 1 aliphatic rings. The smallest absolute Gasteiger partial charge is 0.155 e. The van der Waals surface area contributed by atoms with Crippen molar-refractivity contribution in [3.05, 3.63) is 33.0 Å². The van der Waals surface area contributed by atoms with Crippen molar-refractivity contribution < 1.29 is 4.39 Å². The van der Waals surface area contributed by atoms with Crippen LogP contribution in [0.15, 0.2) is 16.6 Å². The van der Waals surface area contributed by atoms with E-state index in [0.717, 1.165) is 18.4 Å². The highest BCUT2D eigenvalue weighted by Gasteiger charge is 2.35. The summed E-state index contributed by atoms with van der Waals surface area (Å²) in [6.07, 6.45) is 4.50. The molecule has 1 aliphatic carbocycles. The summed E-state index contributed by atoms with van der Waals surface area (Å²) in [5, 5.41) is 0.170. The van der Waals surface area contributed by atoms with Crippen molar-refractivity contribution in [2.24, 2.45) is 5.73 Å². The minimum Gasteiger partial charge on any atom is -0.330 e. The average Bonchev–Trinajstić information content (AvgIpc) is 2.75. The lowest BCUT2D eigenvalue weighted by atomic mass is 9.79. The van der Waals surface area contributed by atoms with Crippen LogP contribution >= 0.6 is 27.5 Å². The second-order valence-electron chi connectivity index (χ2n) is 4.45. The fourth-order valence-corrected chi connectivity index (χ4v) is 3.32. The molecule has 0 amide bonds. The molecule has 1 aromatic carbocycles. The van der Waals surface area contributed by atoms with Gasteiger partial charge >= 0.3 is 0 Å². The third kappa shape index (κ3) is 2.01. The average molecular weight is 307 g/mol. The predicted octanol–water partition coefficient (Wildman–Crippen LogP) is 4.01. The zero-order valence-electron chi connectivity index (χ0n) is 8.90. The molecule has 0 heterocycles. The van der Waals surface area contributed by atoms with Crippen LogP contribution in [0.1, 0.15) is 31.2 Å². The first-order valence-electron chi connectivity index (χ1n) is 5.44. The van der Waals surface area contributed by atoms with Crippen molar-refractivity contribution in [2.75, 3.05) is 6.54 Å². The molecule has 0 atom stereocenters. The van der Waals surface area contributed by atoms with Crippen LogP contribution in [-0.4, -0.2) is 6.54 Å². The second kappa shape index (κ2) is 4.63. The lowest BCUT2D eigenvalue weighted by molar-refractivity contribution is 0.451. The van der Waals surface area contributed by atoms with Crippen LogP contribution in [0.5, 0.6) is 0 Å². The van der Waals surface area contributed by atoms with E-state index in [-0.39, 0.29) is 10.4 Å². The van der Waals surface area contributed by atoms with Crippen LogP contribution in [0.4, 0.5) is 4.39 Å². The van der Waals surface area contributed by atoms with Crippen molar-refractivity contribution >= 4 is 27.5 Å². The number of rotatable bonds is 2. The van der Waals surface area contributed by atoms with E-state index in [1.807, 2.05) is 6.07 Å². The van der Waals surface area contributed by atoms with Crippen molar-refractivity contribution in [1.82, 2.24) is 0 Å². The molecule has 0 bridgehead atoms. The fourth-order valence-electron chi connectivity index (χ4n) is 2.52. The molecule has 88 valence electrons. The standard InChI is InChI=1S/C12H14BrClFN/c13-9-5-8(6-10(14)11(9)15)12(7-16)3-1-2-4-12/h5-6H,1-4,7,16H2. The highest BCUT2D eigenvalue weighted by atomic mass is 79.9. The van der Waals surface area contributed by atoms with Gasteiger partial charge in [0.25, 0.3) is 0 Å². The Morgan fingerprint density at radius 1 is 1.38 bits per heavy atom. The molecule has 0 radical (unpaired) electrons. The molecular formula is C12H14BrClFN. The fraction of sp³-hybridized carbons (Fsp3) is 0.500. The van der Waals surface area contributed by atoms with Crippen molar-refractivity contribution in [3.63, 3.8) is 0 Å². The summed E-state index contributed by atoms with van der Waals surface area (Å²) in [5.74, 6) is -0.393. The van der Waals surface area contributed by atoms with Gasteiger partial charge in [-0.2, -0.15) is 0 Å². The van der Waals surface area contributed by atoms with Gasteiger partial charge in [0.2, 0.25) is 0 Å². The predicted molar refractivity (Wildman–Crippen MR) is 68.3 cm³/mol. The Balaban J connectivity index is 2.47. The maximum Gasteiger partial charge on any atom is 0.155 e. The third-order valence-electron chi connectivity index (χ3n) is 3.55. The molecule has 0 unspecified atom stereocenters. The van der Waals surface area contributed by atoms with Gasteiger partial charge in [0.05, 0.1) is 9.50 Å². The Labute approximate surface area is 108 Å². The topological polar surface area (TPSA) is 26.0 Å². The summed E-state index contributed by atoms with van der Waals surface area (Å²) in [6.45, 7) is 0.599. The van der Waals surface area contributed by atoms with Gasteiger partial charge in [-0.25, -0.2) is 4.39 Å². The van der Waals surface area contributed by atoms with Crippen LogP contribution in [0.3, 0.4) is 0 Å². The summed E-state index contributed by atoms with van der Waals surface area (Å²) in [4.78, 5) is 0. The lowest BCUT2D eigenvalue weighted by Crippen LogP contribution is -2.32. The summed E-state index contributed by atoms with van der Waals surface area (Å²) >= 11 is 9.07. The first kappa shape index (κ1) is 12.3. The number of hydrogen-bond acceptors (Lipinski definition) is 1. The van der Waals surface area contributed by atoms with E-state index in [9.17, 15) is 4.39 Å². The van der Waals surface area contributed by atoms with Crippen molar-refractivity contribution in [2.45, 2.75) is 31.1 Å². The molecule has 2 rings (SSSR count). The van der Waals surface area contributed by atoms with E-state index >= 15 is 0 Å². The zero-order valence-corrected chi connectivity index (χ0v) is 11.2. The second-order valence-corrected chi connectivity index (χ2v) is 5.71. The van der Waals surface area contributed by atoms with Gasteiger partial charge in [-0.3, -0.25) is 0 Å². The van der Waals surface area contributed by atoms with E-state index < -0.39 is 5.82 Å². The van der Waals surface area contributed by atoms with Crippen molar-refractivity contribution in [1.29, 1.82) is 0 Å². The molecule has 0 aliphatic heterocycles. The van der Waals surface area contributed by atoms with Gasteiger partial charge in [-0.1, -0.05) is 24.4 Å². The SMILES string of the molecule is NCC1(c2cc(Cl)c(F)c(Br)c2)CCCC1. The van der Waals surface area contributed by atoms with Gasteiger partial charge in [0.15, 0.2) is 5.82 Å². The monoisotopic (exact) mass is 305 g/mol. The summed E-state index contributed by atoms with van der Waals surface area (Å²) in [5.41, 5.74) is 6.95. The first-order chi connectivity index (χ1) is 7.59. The van der Waals surface area contributed by atoms with Gasteiger partial charge in [-0.15, -0.1) is 0 Å². The minimum atomic E-state index is -0.393. The highest BCUT2D eigenvalue weighted by Crippen LogP contribution is 2.42. The van der Waals surface area contributed by atoms with E-state index in [2.05, 4.69) is 15.9 Å².